The van der Waals surface area contributed by atoms with Gasteiger partial charge in [0.1, 0.15) is 0 Å². The van der Waals surface area contributed by atoms with Crippen molar-refractivity contribution in [2.45, 2.75) is 31.9 Å². The molecule has 0 spiro atoms. The summed E-state index contributed by atoms with van der Waals surface area (Å²) in [5.74, 6) is 0. The zero-order chi connectivity index (χ0) is 10.0. The molecule has 0 radical (unpaired) electrons. The van der Waals surface area contributed by atoms with E-state index >= 15 is 0 Å². The van der Waals surface area contributed by atoms with E-state index in [4.69, 9.17) is 0 Å². The van der Waals surface area contributed by atoms with Gasteiger partial charge in [-0.3, -0.25) is 4.68 Å². The number of aromatic nitrogens is 2. The Kier molecular flexibility index (Phi) is 2.56. The third-order valence-electron chi connectivity index (χ3n) is 2.76. The first kappa shape index (κ1) is 9.68. The SMILES string of the molecule is Cc1ccn(CC2(O)CCNCC2)n1. The van der Waals surface area contributed by atoms with E-state index in [2.05, 4.69) is 10.4 Å². The van der Waals surface area contributed by atoms with Gasteiger partial charge in [0.2, 0.25) is 0 Å². The van der Waals surface area contributed by atoms with Crippen molar-refractivity contribution in [3.05, 3.63) is 18.0 Å². The lowest BCUT2D eigenvalue weighted by atomic mass is 9.92. The molecule has 78 valence electrons. The van der Waals surface area contributed by atoms with Crippen molar-refractivity contribution in [2.24, 2.45) is 0 Å². The monoisotopic (exact) mass is 195 g/mol. The van der Waals surface area contributed by atoms with Crippen LogP contribution in [0.2, 0.25) is 0 Å². The van der Waals surface area contributed by atoms with E-state index in [1.165, 1.54) is 0 Å². The van der Waals surface area contributed by atoms with E-state index in [9.17, 15) is 5.11 Å². The number of rotatable bonds is 2. The summed E-state index contributed by atoms with van der Waals surface area (Å²) in [6, 6.07) is 1.96. The average Bonchev–Trinajstić information content (AvgIpc) is 2.51. The fourth-order valence-electron chi connectivity index (χ4n) is 1.90. The summed E-state index contributed by atoms with van der Waals surface area (Å²) in [5, 5.41) is 17.8. The van der Waals surface area contributed by atoms with Crippen LogP contribution < -0.4 is 5.32 Å². The number of aliphatic hydroxyl groups is 1. The summed E-state index contributed by atoms with van der Waals surface area (Å²) in [6.45, 7) is 4.37. The molecule has 0 unspecified atom stereocenters. The van der Waals surface area contributed by atoms with Crippen molar-refractivity contribution in [1.29, 1.82) is 0 Å². The van der Waals surface area contributed by atoms with E-state index in [-0.39, 0.29) is 0 Å². The van der Waals surface area contributed by atoms with E-state index < -0.39 is 5.60 Å². The normalized spacial score (nSPS) is 21.0. The molecule has 1 aliphatic rings. The Morgan fingerprint density at radius 2 is 2.29 bits per heavy atom. The maximum absolute atomic E-state index is 10.2. The number of nitrogens with one attached hydrogen (secondary N) is 1. The molecule has 0 saturated carbocycles. The Morgan fingerprint density at radius 1 is 1.57 bits per heavy atom. The van der Waals surface area contributed by atoms with Crippen LogP contribution in [0.15, 0.2) is 12.3 Å². The Morgan fingerprint density at radius 3 is 2.86 bits per heavy atom. The minimum atomic E-state index is -0.566. The first-order chi connectivity index (χ1) is 6.68. The molecular formula is C10H17N3O. The molecule has 2 N–H and O–H groups in total. The largest absolute Gasteiger partial charge is 0.388 e. The van der Waals surface area contributed by atoms with Crippen LogP contribution in [0.25, 0.3) is 0 Å². The Labute approximate surface area is 83.9 Å². The minimum absolute atomic E-state index is 0.566. The average molecular weight is 195 g/mol. The fraction of sp³-hybridized carbons (Fsp3) is 0.700. The van der Waals surface area contributed by atoms with Crippen LogP contribution in [0.3, 0.4) is 0 Å². The third kappa shape index (κ3) is 2.13. The minimum Gasteiger partial charge on any atom is -0.388 e. The van der Waals surface area contributed by atoms with Gasteiger partial charge in [-0.15, -0.1) is 0 Å². The summed E-state index contributed by atoms with van der Waals surface area (Å²) in [4.78, 5) is 0. The number of hydrogen-bond acceptors (Lipinski definition) is 3. The first-order valence-corrected chi connectivity index (χ1v) is 5.11. The summed E-state index contributed by atoms with van der Waals surface area (Å²) in [6.07, 6.45) is 3.55. The zero-order valence-electron chi connectivity index (χ0n) is 8.53. The highest BCUT2D eigenvalue weighted by atomic mass is 16.3. The highest BCUT2D eigenvalue weighted by Crippen LogP contribution is 2.19. The molecule has 0 bridgehead atoms. The highest BCUT2D eigenvalue weighted by Gasteiger charge is 2.29. The molecule has 1 saturated heterocycles. The van der Waals surface area contributed by atoms with Crippen molar-refractivity contribution >= 4 is 0 Å². The van der Waals surface area contributed by atoms with E-state index in [1.54, 1.807) is 0 Å². The van der Waals surface area contributed by atoms with Crippen molar-refractivity contribution in [3.8, 4) is 0 Å². The van der Waals surface area contributed by atoms with Crippen molar-refractivity contribution in [2.75, 3.05) is 13.1 Å². The summed E-state index contributed by atoms with van der Waals surface area (Å²) in [7, 11) is 0. The van der Waals surface area contributed by atoms with Gasteiger partial charge in [-0.05, 0) is 38.9 Å². The molecule has 14 heavy (non-hydrogen) atoms. The van der Waals surface area contributed by atoms with E-state index in [0.717, 1.165) is 31.6 Å². The van der Waals surface area contributed by atoms with Crippen LogP contribution in [0, 0.1) is 6.92 Å². The molecule has 0 aliphatic carbocycles. The molecule has 4 nitrogen and oxygen atoms in total. The van der Waals surface area contributed by atoms with Gasteiger partial charge in [0.25, 0.3) is 0 Å². The van der Waals surface area contributed by atoms with Gasteiger partial charge >= 0.3 is 0 Å². The second-order valence-electron chi connectivity index (χ2n) is 4.13. The predicted molar refractivity (Wildman–Crippen MR) is 54.0 cm³/mol. The summed E-state index contributed by atoms with van der Waals surface area (Å²) < 4.78 is 1.83. The molecule has 0 amide bonds. The van der Waals surface area contributed by atoms with Crippen molar-refractivity contribution in [3.63, 3.8) is 0 Å². The molecule has 2 rings (SSSR count). The highest BCUT2D eigenvalue weighted by molar-refractivity contribution is 4.96. The maximum Gasteiger partial charge on any atom is 0.0866 e. The molecule has 0 aromatic carbocycles. The molecule has 2 heterocycles. The van der Waals surface area contributed by atoms with Gasteiger partial charge < -0.3 is 10.4 Å². The van der Waals surface area contributed by atoms with Crippen molar-refractivity contribution in [1.82, 2.24) is 15.1 Å². The maximum atomic E-state index is 10.2. The lowest BCUT2D eigenvalue weighted by Crippen LogP contribution is -2.44. The summed E-state index contributed by atoms with van der Waals surface area (Å²) >= 11 is 0. The zero-order valence-corrected chi connectivity index (χ0v) is 8.53. The third-order valence-corrected chi connectivity index (χ3v) is 2.76. The molecular weight excluding hydrogens is 178 g/mol. The van der Waals surface area contributed by atoms with Gasteiger partial charge in [-0.1, -0.05) is 0 Å². The van der Waals surface area contributed by atoms with Crippen LogP contribution in [-0.2, 0) is 6.54 Å². The molecule has 0 atom stereocenters. The first-order valence-electron chi connectivity index (χ1n) is 5.11. The second-order valence-corrected chi connectivity index (χ2v) is 4.13. The second kappa shape index (κ2) is 3.71. The number of nitrogens with zero attached hydrogens (tertiary/aromatic N) is 2. The lowest BCUT2D eigenvalue weighted by Gasteiger charge is -2.32. The van der Waals surface area contributed by atoms with Crippen LogP contribution in [-0.4, -0.2) is 33.6 Å². The molecule has 1 aromatic heterocycles. The topological polar surface area (TPSA) is 50.1 Å². The van der Waals surface area contributed by atoms with Crippen molar-refractivity contribution < 1.29 is 5.11 Å². The quantitative estimate of drug-likeness (QED) is 0.714. The van der Waals surface area contributed by atoms with Crippen LogP contribution in [0.1, 0.15) is 18.5 Å². The Balaban J connectivity index is 2.01. The number of piperidine rings is 1. The van der Waals surface area contributed by atoms with Gasteiger partial charge in [0, 0.05) is 6.20 Å². The molecule has 1 fully saturated rings. The molecule has 1 aromatic rings. The smallest absolute Gasteiger partial charge is 0.0866 e. The molecule has 4 heteroatoms. The van der Waals surface area contributed by atoms with Gasteiger partial charge in [-0.25, -0.2) is 0 Å². The Bertz CT molecular complexity index is 302. The van der Waals surface area contributed by atoms with Gasteiger partial charge in [0.05, 0.1) is 17.8 Å². The number of hydrogen-bond donors (Lipinski definition) is 2. The Hall–Kier alpha value is -0.870. The fourth-order valence-corrected chi connectivity index (χ4v) is 1.90. The van der Waals surface area contributed by atoms with Crippen LogP contribution >= 0.6 is 0 Å². The standard InChI is InChI=1S/C10H17N3O/c1-9-2-7-13(12-9)8-10(14)3-5-11-6-4-10/h2,7,11,14H,3-6,8H2,1H3. The predicted octanol–water partition coefficient (Wildman–Crippen LogP) is 0.306. The summed E-state index contributed by atoms with van der Waals surface area (Å²) in [5.41, 5.74) is 0.437. The van der Waals surface area contributed by atoms with E-state index in [0.29, 0.717) is 6.54 Å². The molecule has 1 aliphatic heterocycles. The van der Waals surface area contributed by atoms with Gasteiger partial charge in [-0.2, -0.15) is 5.10 Å². The van der Waals surface area contributed by atoms with E-state index in [1.807, 2.05) is 23.9 Å². The van der Waals surface area contributed by atoms with Gasteiger partial charge in [0.15, 0.2) is 0 Å². The van der Waals surface area contributed by atoms with Crippen LogP contribution in [0.4, 0.5) is 0 Å². The lowest BCUT2D eigenvalue weighted by molar-refractivity contribution is -0.00827. The number of aryl methyl sites for hydroxylation is 1. The van der Waals surface area contributed by atoms with Crippen LogP contribution in [0.5, 0.6) is 0 Å².